The van der Waals surface area contributed by atoms with E-state index in [0.717, 1.165) is 0 Å². The minimum Gasteiger partial charge on any atom is -0.377 e. The molecule has 0 saturated heterocycles. The minimum atomic E-state index is -0.153. The Morgan fingerprint density at radius 2 is 1.79 bits per heavy atom. The summed E-state index contributed by atoms with van der Waals surface area (Å²) < 4.78 is 15.1. The first-order valence-corrected chi connectivity index (χ1v) is 4.68. The van der Waals surface area contributed by atoms with Gasteiger partial charge >= 0.3 is 0 Å². The van der Waals surface area contributed by atoms with Crippen molar-refractivity contribution in [2.24, 2.45) is 0 Å². The van der Waals surface area contributed by atoms with Crippen molar-refractivity contribution < 1.29 is 19.0 Å². The molecule has 0 amide bonds. The van der Waals surface area contributed by atoms with Gasteiger partial charge in [0.2, 0.25) is 0 Å². The Morgan fingerprint density at radius 1 is 1.14 bits per heavy atom. The third-order valence-electron chi connectivity index (χ3n) is 1.33. The summed E-state index contributed by atoms with van der Waals surface area (Å²) in [4.78, 5) is 10.9. The molecule has 0 aromatic carbocycles. The van der Waals surface area contributed by atoms with E-state index in [2.05, 4.69) is 4.74 Å². The van der Waals surface area contributed by atoms with E-state index in [9.17, 15) is 4.79 Å². The largest absolute Gasteiger partial charge is 0.377 e. The van der Waals surface area contributed by atoms with Gasteiger partial charge in [0.25, 0.3) is 0 Å². The Hall–Kier alpha value is -0.450. The van der Waals surface area contributed by atoms with E-state index < -0.39 is 0 Å². The molecular weight excluding hydrogens is 184 g/mol. The maximum Gasteiger partial charge on any atom is 0.183 e. The monoisotopic (exact) mass is 204 g/mol. The van der Waals surface area contributed by atoms with Crippen molar-refractivity contribution in [3.8, 4) is 0 Å². The molecule has 4 nitrogen and oxygen atoms in total. The van der Waals surface area contributed by atoms with Gasteiger partial charge in [-0.2, -0.15) is 0 Å². The fourth-order valence-electron chi connectivity index (χ4n) is 0.795. The van der Waals surface area contributed by atoms with Crippen molar-refractivity contribution in [3.63, 3.8) is 0 Å². The van der Waals surface area contributed by atoms with Crippen LogP contribution in [0.2, 0.25) is 0 Å². The normalized spacial score (nSPS) is 11.7. The highest BCUT2D eigenvalue weighted by Gasteiger charge is 2.09. The van der Waals surface area contributed by atoms with E-state index in [1.165, 1.54) is 7.11 Å². The number of Topliss-reactive ketones (excluding diaryl/α,β-unsaturated/α-hetero) is 1. The summed E-state index contributed by atoms with van der Waals surface area (Å²) in [5.74, 6) is -0.0525. The number of carbonyl (C=O) groups excluding carboxylic acids is 1. The maximum absolute atomic E-state index is 10.9. The van der Waals surface area contributed by atoms with Crippen molar-refractivity contribution in [2.45, 2.75) is 26.4 Å². The summed E-state index contributed by atoms with van der Waals surface area (Å²) in [5.41, 5.74) is -0.153. The van der Waals surface area contributed by atoms with Crippen LogP contribution in [0.1, 0.15) is 20.8 Å². The Labute approximate surface area is 85.5 Å². The van der Waals surface area contributed by atoms with E-state index in [0.29, 0.717) is 13.2 Å². The van der Waals surface area contributed by atoms with Crippen LogP contribution >= 0.6 is 0 Å². The van der Waals surface area contributed by atoms with E-state index in [4.69, 9.17) is 9.47 Å². The van der Waals surface area contributed by atoms with Gasteiger partial charge in [-0.15, -0.1) is 0 Å². The van der Waals surface area contributed by atoms with Crippen molar-refractivity contribution in [3.05, 3.63) is 0 Å². The average molecular weight is 204 g/mol. The van der Waals surface area contributed by atoms with Crippen molar-refractivity contribution in [2.75, 3.05) is 33.5 Å². The topological polar surface area (TPSA) is 44.8 Å². The third kappa shape index (κ3) is 9.64. The van der Waals surface area contributed by atoms with Crippen LogP contribution in [-0.4, -0.2) is 44.9 Å². The number of hydrogen-bond donors (Lipinski definition) is 0. The van der Waals surface area contributed by atoms with Crippen molar-refractivity contribution >= 4 is 5.78 Å². The number of rotatable bonds is 7. The number of ketones is 1. The summed E-state index contributed by atoms with van der Waals surface area (Å²) >= 11 is 0. The number of methoxy groups -OCH3 is 1. The second-order valence-electron chi connectivity index (χ2n) is 3.99. The SMILES string of the molecule is COCC(=O)COCCOC(C)(C)C. The first-order valence-electron chi connectivity index (χ1n) is 4.68. The molecule has 0 aliphatic rings. The first-order chi connectivity index (χ1) is 6.45. The van der Waals surface area contributed by atoms with Crippen LogP contribution in [0.25, 0.3) is 0 Å². The quantitative estimate of drug-likeness (QED) is 0.581. The van der Waals surface area contributed by atoms with E-state index in [1.807, 2.05) is 20.8 Å². The Morgan fingerprint density at radius 3 is 2.29 bits per heavy atom. The lowest BCUT2D eigenvalue weighted by Crippen LogP contribution is -2.23. The van der Waals surface area contributed by atoms with Crippen LogP contribution in [0.4, 0.5) is 0 Å². The molecule has 0 aromatic rings. The van der Waals surface area contributed by atoms with Crippen LogP contribution in [-0.2, 0) is 19.0 Å². The summed E-state index contributed by atoms with van der Waals surface area (Å²) in [6, 6.07) is 0. The molecule has 4 heteroatoms. The predicted octanol–water partition coefficient (Wildman–Crippen LogP) is 1.03. The third-order valence-corrected chi connectivity index (χ3v) is 1.33. The van der Waals surface area contributed by atoms with Crippen molar-refractivity contribution in [1.29, 1.82) is 0 Å². The zero-order chi connectivity index (χ0) is 11.0. The molecule has 0 aromatic heterocycles. The van der Waals surface area contributed by atoms with E-state index >= 15 is 0 Å². The number of hydrogen-bond acceptors (Lipinski definition) is 4. The van der Waals surface area contributed by atoms with Gasteiger partial charge in [-0.05, 0) is 20.8 Å². The summed E-state index contributed by atoms with van der Waals surface area (Å²) in [6.07, 6.45) is 0. The molecule has 0 aliphatic heterocycles. The molecule has 84 valence electrons. The van der Waals surface area contributed by atoms with Crippen LogP contribution in [0.5, 0.6) is 0 Å². The van der Waals surface area contributed by atoms with Gasteiger partial charge in [0.05, 0.1) is 18.8 Å². The number of carbonyl (C=O) groups is 1. The molecule has 0 atom stereocenters. The highest BCUT2D eigenvalue weighted by Crippen LogP contribution is 2.05. The molecule has 0 heterocycles. The maximum atomic E-state index is 10.9. The first kappa shape index (κ1) is 13.5. The Bertz CT molecular complexity index is 160. The van der Waals surface area contributed by atoms with Crippen molar-refractivity contribution in [1.82, 2.24) is 0 Å². The fraction of sp³-hybridized carbons (Fsp3) is 0.900. The average Bonchev–Trinajstić information content (AvgIpc) is 2.02. The Balaban J connectivity index is 3.26. The van der Waals surface area contributed by atoms with Gasteiger partial charge in [0.1, 0.15) is 13.2 Å². The minimum absolute atomic E-state index is 0.0525. The zero-order valence-electron chi connectivity index (χ0n) is 9.46. The van der Waals surface area contributed by atoms with Gasteiger partial charge in [-0.25, -0.2) is 0 Å². The molecule has 0 fully saturated rings. The molecule has 0 spiro atoms. The fourth-order valence-corrected chi connectivity index (χ4v) is 0.795. The van der Waals surface area contributed by atoms with Crippen LogP contribution < -0.4 is 0 Å². The number of ether oxygens (including phenoxy) is 3. The highest BCUT2D eigenvalue weighted by molar-refractivity contribution is 5.80. The highest BCUT2D eigenvalue weighted by atomic mass is 16.5. The second-order valence-corrected chi connectivity index (χ2v) is 3.99. The van der Waals surface area contributed by atoms with Gasteiger partial charge in [-0.1, -0.05) is 0 Å². The molecule has 0 bridgehead atoms. The van der Waals surface area contributed by atoms with Crippen LogP contribution in [0, 0.1) is 0 Å². The lowest BCUT2D eigenvalue weighted by molar-refractivity contribution is -0.128. The van der Waals surface area contributed by atoms with E-state index in [1.54, 1.807) is 0 Å². The molecule has 0 aliphatic carbocycles. The van der Waals surface area contributed by atoms with Gasteiger partial charge in [0, 0.05) is 7.11 Å². The van der Waals surface area contributed by atoms with Crippen LogP contribution in [0.15, 0.2) is 0 Å². The summed E-state index contributed by atoms with van der Waals surface area (Å²) in [6.45, 7) is 7.08. The lowest BCUT2D eigenvalue weighted by atomic mass is 10.2. The van der Waals surface area contributed by atoms with Gasteiger partial charge in [-0.3, -0.25) is 4.79 Å². The Kier molecular flexibility index (Phi) is 6.70. The molecular formula is C10H20O4. The zero-order valence-corrected chi connectivity index (χ0v) is 9.46. The molecule has 14 heavy (non-hydrogen) atoms. The van der Waals surface area contributed by atoms with E-state index in [-0.39, 0.29) is 24.6 Å². The van der Waals surface area contributed by atoms with Crippen LogP contribution in [0.3, 0.4) is 0 Å². The molecule has 0 unspecified atom stereocenters. The molecule has 0 saturated carbocycles. The summed E-state index contributed by atoms with van der Waals surface area (Å²) in [5, 5.41) is 0. The standard InChI is InChI=1S/C10H20O4/c1-10(2,3)14-6-5-13-8-9(11)7-12-4/h5-8H2,1-4H3. The molecule has 0 rings (SSSR count). The van der Waals surface area contributed by atoms with Gasteiger partial charge in [0.15, 0.2) is 5.78 Å². The second kappa shape index (κ2) is 6.92. The predicted molar refractivity (Wildman–Crippen MR) is 53.4 cm³/mol. The summed E-state index contributed by atoms with van der Waals surface area (Å²) in [7, 11) is 1.49. The lowest BCUT2D eigenvalue weighted by Gasteiger charge is -2.19. The van der Waals surface area contributed by atoms with Gasteiger partial charge < -0.3 is 14.2 Å². The smallest absolute Gasteiger partial charge is 0.183 e. The molecule has 0 N–H and O–H groups in total. The molecule has 0 radical (unpaired) electrons.